The normalized spacial score (nSPS) is 11.1. The number of aromatic carboxylic acids is 1. The summed E-state index contributed by atoms with van der Waals surface area (Å²) in [4.78, 5) is 22.3. The molecular weight excluding hydrogens is 230 g/mol. The van der Waals surface area contributed by atoms with Gasteiger partial charge in [0.25, 0.3) is 0 Å². The molecule has 0 spiro atoms. The fourth-order valence-electron chi connectivity index (χ4n) is 1.40. The fraction of sp³-hybridized carbons (Fsp3) is 0.429. The highest BCUT2D eigenvalue weighted by Crippen LogP contribution is 2.12. The van der Waals surface area contributed by atoms with E-state index < -0.39 is 5.97 Å². The van der Waals surface area contributed by atoms with Crippen molar-refractivity contribution in [2.75, 3.05) is 6.54 Å². The predicted molar refractivity (Wildman–Crippen MR) is 69.6 cm³/mol. The van der Waals surface area contributed by atoms with E-state index in [0.29, 0.717) is 13.0 Å². The second kappa shape index (κ2) is 5.67. The molecule has 0 aliphatic carbocycles. The van der Waals surface area contributed by atoms with Gasteiger partial charge in [-0.25, -0.2) is 4.79 Å². The van der Waals surface area contributed by atoms with Gasteiger partial charge in [0.2, 0.25) is 5.91 Å². The first kappa shape index (κ1) is 14.2. The number of nitrogens with one attached hydrogen (secondary N) is 1. The van der Waals surface area contributed by atoms with Crippen LogP contribution in [0.15, 0.2) is 24.3 Å². The molecule has 1 amide bonds. The number of hydrogen-bond donors (Lipinski definition) is 2. The van der Waals surface area contributed by atoms with E-state index in [1.54, 1.807) is 24.3 Å². The first-order chi connectivity index (χ1) is 8.30. The van der Waals surface area contributed by atoms with Crippen LogP contribution in [0.1, 0.15) is 36.7 Å². The Balaban J connectivity index is 2.45. The Hall–Kier alpha value is -1.84. The van der Waals surface area contributed by atoms with Gasteiger partial charge in [0.15, 0.2) is 0 Å². The Labute approximate surface area is 107 Å². The average Bonchev–Trinajstić information content (AvgIpc) is 2.28. The van der Waals surface area contributed by atoms with E-state index in [2.05, 4.69) is 5.32 Å². The summed E-state index contributed by atoms with van der Waals surface area (Å²) in [6.07, 6.45) is 0.696. The molecule has 0 heterocycles. The van der Waals surface area contributed by atoms with E-state index in [4.69, 9.17) is 5.11 Å². The lowest BCUT2D eigenvalue weighted by Crippen LogP contribution is -2.35. The Bertz CT molecular complexity index is 429. The Kier molecular flexibility index (Phi) is 4.48. The average molecular weight is 249 g/mol. The summed E-state index contributed by atoms with van der Waals surface area (Å²) >= 11 is 0. The Morgan fingerprint density at radius 3 is 2.17 bits per heavy atom. The van der Waals surface area contributed by atoms with Gasteiger partial charge in [-0.2, -0.15) is 0 Å². The molecule has 18 heavy (non-hydrogen) atoms. The zero-order valence-electron chi connectivity index (χ0n) is 11.0. The summed E-state index contributed by atoms with van der Waals surface area (Å²) in [5, 5.41) is 11.6. The van der Waals surface area contributed by atoms with E-state index in [-0.39, 0.29) is 16.9 Å². The van der Waals surface area contributed by atoms with Crippen molar-refractivity contribution in [1.82, 2.24) is 5.32 Å². The van der Waals surface area contributed by atoms with Crippen molar-refractivity contribution in [2.45, 2.75) is 27.2 Å². The van der Waals surface area contributed by atoms with E-state index in [9.17, 15) is 9.59 Å². The van der Waals surface area contributed by atoms with Crippen molar-refractivity contribution in [2.24, 2.45) is 5.41 Å². The molecule has 0 atom stereocenters. The van der Waals surface area contributed by atoms with Crippen LogP contribution in [0.4, 0.5) is 0 Å². The minimum Gasteiger partial charge on any atom is -0.478 e. The summed E-state index contributed by atoms with van der Waals surface area (Å²) < 4.78 is 0. The van der Waals surface area contributed by atoms with Crippen molar-refractivity contribution in [3.8, 4) is 0 Å². The maximum Gasteiger partial charge on any atom is 0.335 e. The van der Waals surface area contributed by atoms with Gasteiger partial charge in [0.05, 0.1) is 5.56 Å². The third-order valence-corrected chi connectivity index (χ3v) is 2.58. The van der Waals surface area contributed by atoms with Crippen molar-refractivity contribution in [1.29, 1.82) is 0 Å². The van der Waals surface area contributed by atoms with Gasteiger partial charge >= 0.3 is 5.97 Å². The second-order valence-corrected chi connectivity index (χ2v) is 5.26. The van der Waals surface area contributed by atoms with Crippen molar-refractivity contribution in [3.05, 3.63) is 35.4 Å². The maximum atomic E-state index is 11.6. The molecule has 1 aromatic rings. The van der Waals surface area contributed by atoms with Gasteiger partial charge in [-0.1, -0.05) is 32.9 Å². The number of benzene rings is 1. The molecule has 4 heteroatoms. The molecule has 2 N–H and O–H groups in total. The SMILES string of the molecule is CC(C)(C)C(=O)NCCc1ccc(C(=O)O)cc1. The van der Waals surface area contributed by atoms with Crippen LogP contribution in [-0.2, 0) is 11.2 Å². The minimum atomic E-state index is -0.928. The third kappa shape index (κ3) is 4.20. The topological polar surface area (TPSA) is 66.4 Å². The smallest absolute Gasteiger partial charge is 0.335 e. The quantitative estimate of drug-likeness (QED) is 0.858. The van der Waals surface area contributed by atoms with Gasteiger partial charge in [-0.05, 0) is 24.1 Å². The highest BCUT2D eigenvalue weighted by atomic mass is 16.4. The Morgan fingerprint density at radius 2 is 1.72 bits per heavy atom. The molecule has 0 saturated heterocycles. The third-order valence-electron chi connectivity index (χ3n) is 2.58. The zero-order chi connectivity index (χ0) is 13.8. The van der Waals surface area contributed by atoms with Crippen molar-refractivity contribution in [3.63, 3.8) is 0 Å². The van der Waals surface area contributed by atoms with Crippen LogP contribution in [0.5, 0.6) is 0 Å². The van der Waals surface area contributed by atoms with Crippen molar-refractivity contribution >= 4 is 11.9 Å². The summed E-state index contributed by atoms with van der Waals surface area (Å²) in [5.74, 6) is -0.910. The molecule has 0 bridgehead atoms. The molecule has 4 nitrogen and oxygen atoms in total. The highest BCUT2D eigenvalue weighted by Gasteiger charge is 2.20. The molecule has 0 aliphatic rings. The predicted octanol–water partition coefficient (Wildman–Crippen LogP) is 2.09. The number of carbonyl (C=O) groups is 2. The number of hydrogen-bond acceptors (Lipinski definition) is 2. The maximum absolute atomic E-state index is 11.6. The molecule has 0 aromatic heterocycles. The van der Waals surface area contributed by atoms with Crippen LogP contribution < -0.4 is 5.32 Å². The van der Waals surface area contributed by atoms with E-state index in [0.717, 1.165) is 5.56 Å². The first-order valence-corrected chi connectivity index (χ1v) is 5.91. The van der Waals surface area contributed by atoms with E-state index in [1.165, 1.54) is 0 Å². The van der Waals surface area contributed by atoms with Gasteiger partial charge in [0.1, 0.15) is 0 Å². The molecule has 98 valence electrons. The molecule has 1 rings (SSSR count). The number of carbonyl (C=O) groups excluding carboxylic acids is 1. The fourth-order valence-corrected chi connectivity index (χ4v) is 1.40. The lowest BCUT2D eigenvalue weighted by Gasteiger charge is -2.17. The minimum absolute atomic E-state index is 0.0182. The molecule has 0 unspecified atom stereocenters. The van der Waals surface area contributed by atoms with Crippen LogP contribution in [0.3, 0.4) is 0 Å². The van der Waals surface area contributed by atoms with Gasteiger partial charge in [-0.3, -0.25) is 4.79 Å². The van der Waals surface area contributed by atoms with Crippen LogP contribution >= 0.6 is 0 Å². The first-order valence-electron chi connectivity index (χ1n) is 5.91. The van der Waals surface area contributed by atoms with E-state index >= 15 is 0 Å². The number of rotatable bonds is 4. The summed E-state index contributed by atoms with van der Waals surface area (Å²) in [6.45, 7) is 6.15. The summed E-state index contributed by atoms with van der Waals surface area (Å²) in [5.41, 5.74) is 0.902. The zero-order valence-corrected chi connectivity index (χ0v) is 11.0. The molecule has 0 aliphatic heterocycles. The van der Waals surface area contributed by atoms with Crippen LogP contribution in [0.25, 0.3) is 0 Å². The highest BCUT2D eigenvalue weighted by molar-refractivity contribution is 5.87. The monoisotopic (exact) mass is 249 g/mol. The van der Waals surface area contributed by atoms with E-state index in [1.807, 2.05) is 20.8 Å². The van der Waals surface area contributed by atoms with Crippen LogP contribution in [-0.4, -0.2) is 23.5 Å². The summed E-state index contributed by atoms with van der Waals surface area (Å²) in [7, 11) is 0. The van der Waals surface area contributed by atoms with Crippen LogP contribution in [0, 0.1) is 5.41 Å². The summed E-state index contributed by atoms with van der Waals surface area (Å²) in [6, 6.07) is 6.69. The Morgan fingerprint density at radius 1 is 1.17 bits per heavy atom. The van der Waals surface area contributed by atoms with Gasteiger partial charge in [0, 0.05) is 12.0 Å². The standard InChI is InChI=1S/C14H19NO3/c1-14(2,3)13(18)15-9-8-10-4-6-11(7-5-10)12(16)17/h4-7H,8-9H2,1-3H3,(H,15,18)(H,16,17). The van der Waals surface area contributed by atoms with Crippen LogP contribution in [0.2, 0.25) is 0 Å². The number of carboxylic acid groups (broad SMARTS) is 1. The lowest BCUT2D eigenvalue weighted by molar-refractivity contribution is -0.128. The largest absolute Gasteiger partial charge is 0.478 e. The van der Waals surface area contributed by atoms with Crippen molar-refractivity contribution < 1.29 is 14.7 Å². The number of amides is 1. The second-order valence-electron chi connectivity index (χ2n) is 5.26. The molecule has 0 saturated carbocycles. The lowest BCUT2D eigenvalue weighted by atomic mass is 9.95. The molecule has 0 radical (unpaired) electrons. The van der Waals surface area contributed by atoms with Gasteiger partial charge in [-0.15, -0.1) is 0 Å². The number of carboxylic acids is 1. The van der Waals surface area contributed by atoms with Gasteiger partial charge < -0.3 is 10.4 Å². The molecular formula is C14H19NO3. The molecule has 0 fully saturated rings. The molecule has 1 aromatic carbocycles.